The third kappa shape index (κ3) is 5.07. The van der Waals surface area contributed by atoms with E-state index in [1.165, 1.54) is 19.3 Å². The van der Waals surface area contributed by atoms with Crippen LogP contribution in [0.15, 0.2) is 48.7 Å². The lowest BCUT2D eigenvalue weighted by Gasteiger charge is -2.22. The molecule has 1 fully saturated rings. The van der Waals surface area contributed by atoms with Crippen molar-refractivity contribution in [3.8, 4) is 0 Å². The van der Waals surface area contributed by atoms with E-state index in [1.807, 2.05) is 28.8 Å². The molecule has 2 aromatic heterocycles. The maximum atomic E-state index is 12.7. The topological polar surface area (TPSA) is 72.7 Å². The van der Waals surface area contributed by atoms with Gasteiger partial charge in [-0.05, 0) is 30.9 Å². The van der Waals surface area contributed by atoms with Gasteiger partial charge in [0.15, 0.2) is 5.78 Å². The van der Waals surface area contributed by atoms with Gasteiger partial charge in [0.1, 0.15) is 5.65 Å². The Morgan fingerprint density at radius 3 is 2.56 bits per heavy atom. The number of nitrogens with zero attached hydrogens (tertiary/aromatic N) is 2. The van der Waals surface area contributed by atoms with E-state index in [0.717, 1.165) is 29.9 Å². The second kappa shape index (κ2) is 10.1. The minimum atomic E-state index is -0.286. The number of fused-ring (bicyclic) bond motifs is 1. The first-order chi connectivity index (χ1) is 15.5. The van der Waals surface area contributed by atoms with Crippen LogP contribution in [-0.4, -0.2) is 33.7 Å². The minimum Gasteiger partial charge on any atom is -0.372 e. The molecule has 1 amide bonds. The van der Waals surface area contributed by atoms with Gasteiger partial charge >= 0.3 is 0 Å². The maximum Gasteiger partial charge on any atom is 0.251 e. The van der Waals surface area contributed by atoms with Crippen LogP contribution < -0.4 is 5.32 Å². The van der Waals surface area contributed by atoms with Gasteiger partial charge in [-0.25, -0.2) is 4.98 Å². The lowest BCUT2D eigenvalue weighted by atomic mass is 9.98. The summed E-state index contributed by atoms with van der Waals surface area (Å²) >= 11 is 0. The van der Waals surface area contributed by atoms with Crippen LogP contribution in [0.3, 0.4) is 0 Å². The second-order valence-corrected chi connectivity index (χ2v) is 8.78. The molecule has 1 aromatic carbocycles. The third-order valence-corrected chi connectivity index (χ3v) is 6.08. The van der Waals surface area contributed by atoms with Gasteiger partial charge in [0, 0.05) is 17.3 Å². The summed E-state index contributed by atoms with van der Waals surface area (Å²) in [5, 5.41) is 2.72. The van der Waals surface area contributed by atoms with Crippen LogP contribution in [0.2, 0.25) is 0 Å². The number of hydrogen-bond donors (Lipinski definition) is 1. The van der Waals surface area contributed by atoms with Gasteiger partial charge in [-0.15, -0.1) is 0 Å². The molecule has 32 heavy (non-hydrogen) atoms. The summed E-state index contributed by atoms with van der Waals surface area (Å²) in [6, 6.07) is 12.5. The van der Waals surface area contributed by atoms with E-state index in [0.29, 0.717) is 23.8 Å². The van der Waals surface area contributed by atoms with Crippen molar-refractivity contribution in [2.45, 2.75) is 64.6 Å². The zero-order valence-electron chi connectivity index (χ0n) is 18.8. The van der Waals surface area contributed by atoms with E-state index in [4.69, 9.17) is 9.72 Å². The average Bonchev–Trinajstić information content (AvgIpc) is 3.20. The molecule has 4 rings (SSSR count). The molecule has 0 aliphatic heterocycles. The first-order valence-electron chi connectivity index (χ1n) is 11.5. The smallest absolute Gasteiger partial charge is 0.251 e. The van der Waals surface area contributed by atoms with Crippen molar-refractivity contribution in [3.63, 3.8) is 0 Å². The fourth-order valence-corrected chi connectivity index (χ4v) is 4.28. The standard InChI is InChI=1S/C26H31N3O3/c1-18(2)25-22(17-32-21-11-7-4-8-12-21)29-14-13-20(15-24(29)28-25)26(31)27-16-23(30)19-9-5-3-6-10-19/h3,5-6,9-10,13-15,18,21H,4,7-8,11-12,16-17H2,1-2H3,(H,27,31). The Bertz CT molecular complexity index is 1080. The fourth-order valence-electron chi connectivity index (χ4n) is 4.28. The molecule has 0 radical (unpaired) electrons. The number of ether oxygens (including phenoxy) is 1. The number of hydrogen-bond acceptors (Lipinski definition) is 4. The summed E-state index contributed by atoms with van der Waals surface area (Å²) in [4.78, 5) is 29.7. The van der Waals surface area contributed by atoms with Crippen molar-refractivity contribution in [1.29, 1.82) is 0 Å². The van der Waals surface area contributed by atoms with Gasteiger partial charge in [0.2, 0.25) is 0 Å². The van der Waals surface area contributed by atoms with Crippen molar-refractivity contribution in [2.75, 3.05) is 6.54 Å². The van der Waals surface area contributed by atoms with Gasteiger partial charge in [-0.1, -0.05) is 63.4 Å². The second-order valence-electron chi connectivity index (χ2n) is 8.78. The fraction of sp³-hybridized carbons (Fsp3) is 0.423. The Hall–Kier alpha value is -2.99. The van der Waals surface area contributed by atoms with Gasteiger partial charge in [-0.2, -0.15) is 0 Å². The Kier molecular flexibility index (Phi) is 7.00. The van der Waals surface area contributed by atoms with Gasteiger partial charge < -0.3 is 14.5 Å². The van der Waals surface area contributed by atoms with Gasteiger partial charge in [0.25, 0.3) is 5.91 Å². The highest BCUT2D eigenvalue weighted by molar-refractivity contribution is 6.02. The van der Waals surface area contributed by atoms with Gasteiger partial charge in [-0.3, -0.25) is 9.59 Å². The van der Waals surface area contributed by atoms with Crippen LogP contribution in [0.25, 0.3) is 5.65 Å². The summed E-state index contributed by atoms with van der Waals surface area (Å²) in [6.07, 6.45) is 8.22. The number of carbonyl (C=O) groups is 2. The number of benzene rings is 1. The third-order valence-electron chi connectivity index (χ3n) is 6.08. The van der Waals surface area contributed by atoms with Crippen molar-refractivity contribution < 1.29 is 14.3 Å². The molecule has 0 atom stereocenters. The molecule has 1 aliphatic rings. The van der Waals surface area contributed by atoms with Crippen LogP contribution in [-0.2, 0) is 11.3 Å². The number of pyridine rings is 1. The van der Waals surface area contributed by atoms with Crippen LogP contribution in [0.4, 0.5) is 0 Å². The highest BCUT2D eigenvalue weighted by Crippen LogP contribution is 2.25. The average molecular weight is 434 g/mol. The molecule has 0 unspecified atom stereocenters. The molecule has 6 nitrogen and oxygen atoms in total. The number of nitrogens with one attached hydrogen (secondary N) is 1. The number of Topliss-reactive ketones (excluding diaryl/α,β-unsaturated/α-hetero) is 1. The first-order valence-corrected chi connectivity index (χ1v) is 11.5. The molecule has 0 spiro atoms. The molecule has 6 heteroatoms. The van der Waals surface area contributed by atoms with Crippen LogP contribution >= 0.6 is 0 Å². The summed E-state index contributed by atoms with van der Waals surface area (Å²) < 4.78 is 8.25. The monoisotopic (exact) mass is 433 g/mol. The molecule has 0 bridgehead atoms. The number of ketones is 1. The van der Waals surface area contributed by atoms with Crippen molar-refractivity contribution in [1.82, 2.24) is 14.7 Å². The maximum absolute atomic E-state index is 12.7. The van der Waals surface area contributed by atoms with E-state index in [-0.39, 0.29) is 24.2 Å². The molecule has 168 valence electrons. The summed E-state index contributed by atoms with van der Waals surface area (Å²) in [5.41, 5.74) is 3.83. The van der Waals surface area contributed by atoms with E-state index in [2.05, 4.69) is 19.2 Å². The summed E-state index contributed by atoms with van der Waals surface area (Å²) in [7, 11) is 0. The van der Waals surface area contributed by atoms with Crippen molar-refractivity contribution in [3.05, 3.63) is 71.2 Å². The highest BCUT2D eigenvalue weighted by atomic mass is 16.5. The number of aromatic nitrogens is 2. The minimum absolute atomic E-state index is 0.0415. The molecule has 3 aromatic rings. The molecule has 2 heterocycles. The predicted molar refractivity (Wildman–Crippen MR) is 124 cm³/mol. The molecule has 1 N–H and O–H groups in total. The zero-order chi connectivity index (χ0) is 22.5. The van der Waals surface area contributed by atoms with Crippen LogP contribution in [0.1, 0.15) is 84.0 Å². The molecular formula is C26H31N3O3. The van der Waals surface area contributed by atoms with Crippen LogP contribution in [0, 0.1) is 0 Å². The number of imidazole rings is 1. The quantitative estimate of drug-likeness (QED) is 0.512. The Balaban J connectivity index is 1.48. The Morgan fingerprint density at radius 1 is 1.09 bits per heavy atom. The largest absolute Gasteiger partial charge is 0.372 e. The number of carbonyl (C=O) groups excluding carboxylic acids is 2. The molecule has 1 saturated carbocycles. The molecule has 0 saturated heterocycles. The Morgan fingerprint density at radius 2 is 1.84 bits per heavy atom. The lowest BCUT2D eigenvalue weighted by Crippen LogP contribution is -2.29. The normalized spacial score (nSPS) is 14.7. The summed E-state index contributed by atoms with van der Waals surface area (Å²) in [6.45, 7) is 4.72. The van der Waals surface area contributed by atoms with E-state index >= 15 is 0 Å². The summed E-state index contributed by atoms with van der Waals surface area (Å²) in [5.74, 6) is -0.156. The van der Waals surface area contributed by atoms with Crippen molar-refractivity contribution in [2.24, 2.45) is 0 Å². The van der Waals surface area contributed by atoms with Crippen molar-refractivity contribution >= 4 is 17.3 Å². The van der Waals surface area contributed by atoms with Gasteiger partial charge in [0.05, 0.1) is 30.6 Å². The number of amides is 1. The SMILES string of the molecule is CC(C)c1nc2cc(C(=O)NCC(=O)c3ccccc3)ccn2c1COC1CCCCC1. The van der Waals surface area contributed by atoms with E-state index in [1.54, 1.807) is 24.3 Å². The highest BCUT2D eigenvalue weighted by Gasteiger charge is 2.20. The molecular weight excluding hydrogens is 402 g/mol. The number of rotatable bonds is 8. The predicted octanol–water partition coefficient (Wildman–Crippen LogP) is 4.92. The van der Waals surface area contributed by atoms with E-state index in [9.17, 15) is 9.59 Å². The molecule has 1 aliphatic carbocycles. The zero-order valence-corrected chi connectivity index (χ0v) is 18.8. The first kappa shape index (κ1) is 22.2. The Labute approximate surface area is 189 Å². The van der Waals surface area contributed by atoms with E-state index < -0.39 is 0 Å². The lowest BCUT2D eigenvalue weighted by molar-refractivity contribution is 0.0145. The van der Waals surface area contributed by atoms with Crippen LogP contribution in [0.5, 0.6) is 0 Å².